The number of carboxylic acids is 1. The largest absolute Gasteiger partial charge is 0.477 e. The van der Waals surface area contributed by atoms with Gasteiger partial charge in [-0.05, 0) is 6.42 Å². The average molecular weight is 313 g/mol. The number of hydrogen-bond acceptors (Lipinski definition) is 3. The number of carboxylic acid groups (broad SMARTS) is 1. The molecule has 0 amide bonds. The van der Waals surface area contributed by atoms with E-state index in [1.165, 1.54) is 32.1 Å². The smallest absolute Gasteiger partial charge is 0.359 e. The van der Waals surface area contributed by atoms with E-state index >= 15 is 0 Å². The third-order valence-corrected chi connectivity index (χ3v) is 4.66. The molecule has 1 aliphatic rings. The number of aliphatic hydroxyl groups excluding tert-OH is 1. The zero-order chi connectivity index (χ0) is 16.4. The molecule has 1 aliphatic heterocycles. The Morgan fingerprint density at radius 2 is 1.82 bits per heavy atom. The van der Waals surface area contributed by atoms with Crippen molar-refractivity contribution in [3.63, 3.8) is 0 Å². The summed E-state index contributed by atoms with van der Waals surface area (Å²) in [5.74, 6) is 0.0342. The topological polar surface area (TPSA) is 69.9 Å². The lowest BCUT2D eigenvalue weighted by Gasteiger charge is -2.37. The van der Waals surface area contributed by atoms with E-state index in [2.05, 4.69) is 11.9 Å². The van der Waals surface area contributed by atoms with Crippen LogP contribution in [0.1, 0.15) is 71.6 Å². The van der Waals surface area contributed by atoms with Crippen molar-refractivity contribution in [1.29, 1.82) is 0 Å². The number of aliphatic imine (C=N–C) groups is 1. The molecule has 0 saturated carbocycles. The van der Waals surface area contributed by atoms with Gasteiger partial charge in [0.1, 0.15) is 6.54 Å². The molecule has 128 valence electrons. The number of nitrogens with zero attached hydrogens (tertiary/aromatic N) is 2. The molecular weight excluding hydrogens is 280 g/mol. The minimum atomic E-state index is -0.860. The number of hydrogen-bond donors (Lipinski definition) is 2. The highest BCUT2D eigenvalue weighted by atomic mass is 16.4. The Bertz CT molecular complexity index is 371. The van der Waals surface area contributed by atoms with E-state index in [1.807, 2.05) is 6.92 Å². The molecule has 0 bridgehead atoms. The first-order chi connectivity index (χ1) is 10.6. The van der Waals surface area contributed by atoms with Crippen molar-refractivity contribution < 1.29 is 19.5 Å². The van der Waals surface area contributed by atoms with E-state index in [9.17, 15) is 15.0 Å². The van der Waals surface area contributed by atoms with Crippen molar-refractivity contribution in [1.82, 2.24) is 0 Å². The molecule has 5 heteroatoms. The lowest BCUT2D eigenvalue weighted by molar-refractivity contribution is -0.879. The molecule has 0 spiro atoms. The minimum Gasteiger partial charge on any atom is -0.477 e. The summed E-state index contributed by atoms with van der Waals surface area (Å²) in [6.45, 7) is 5.32. The van der Waals surface area contributed by atoms with Crippen LogP contribution in [-0.4, -0.2) is 52.4 Å². The van der Waals surface area contributed by atoms with E-state index in [0.29, 0.717) is 19.5 Å². The maximum Gasteiger partial charge on any atom is 0.359 e. The molecule has 0 aromatic heterocycles. The fraction of sp³-hybridized carbons (Fsp3) is 0.882. The van der Waals surface area contributed by atoms with Crippen LogP contribution >= 0.6 is 0 Å². The number of amidine groups is 1. The lowest BCUT2D eigenvalue weighted by Crippen LogP contribution is -2.60. The Morgan fingerprint density at radius 3 is 2.41 bits per heavy atom. The molecule has 0 radical (unpaired) electrons. The standard InChI is InChI=1S/C17H32N2O3/c1-3-5-6-7-8-9-10-11-15-18-12-13-19(15,14-17(21)22)16(20)4-2/h16,20H,3-14H2,1-2H3/p+1. The van der Waals surface area contributed by atoms with Gasteiger partial charge in [-0.25, -0.2) is 14.3 Å². The second kappa shape index (κ2) is 9.95. The monoisotopic (exact) mass is 313 g/mol. The number of carbonyl (C=O) groups is 1. The molecule has 2 unspecified atom stereocenters. The first kappa shape index (κ1) is 19.1. The van der Waals surface area contributed by atoms with Gasteiger partial charge in [0, 0.05) is 12.8 Å². The molecule has 2 N–H and O–H groups in total. The van der Waals surface area contributed by atoms with E-state index in [-0.39, 0.29) is 11.0 Å². The van der Waals surface area contributed by atoms with Gasteiger partial charge in [-0.3, -0.25) is 0 Å². The molecule has 1 rings (SSSR count). The fourth-order valence-electron chi connectivity index (χ4n) is 3.36. The maximum absolute atomic E-state index is 11.2. The summed E-state index contributed by atoms with van der Waals surface area (Å²) in [5, 5.41) is 19.6. The van der Waals surface area contributed by atoms with E-state index in [4.69, 9.17) is 0 Å². The van der Waals surface area contributed by atoms with Crippen LogP contribution in [0.5, 0.6) is 0 Å². The second-order valence-electron chi connectivity index (χ2n) is 6.37. The van der Waals surface area contributed by atoms with Crippen LogP contribution in [0.3, 0.4) is 0 Å². The van der Waals surface area contributed by atoms with Crippen LogP contribution in [0.25, 0.3) is 0 Å². The Labute approximate surface area is 134 Å². The van der Waals surface area contributed by atoms with Crippen molar-refractivity contribution in [2.75, 3.05) is 19.6 Å². The van der Waals surface area contributed by atoms with E-state index < -0.39 is 12.2 Å². The number of unbranched alkanes of at least 4 members (excludes halogenated alkanes) is 6. The Balaban J connectivity index is 2.47. The fourth-order valence-corrected chi connectivity index (χ4v) is 3.36. The SMILES string of the molecule is CCCCCCCCCC1=NCC[N+]1(CC(=O)O)C(O)CC. The summed E-state index contributed by atoms with van der Waals surface area (Å²) in [6, 6.07) is 0. The quantitative estimate of drug-likeness (QED) is 0.429. The van der Waals surface area contributed by atoms with Gasteiger partial charge in [0.2, 0.25) is 5.84 Å². The third-order valence-electron chi connectivity index (χ3n) is 4.66. The van der Waals surface area contributed by atoms with Gasteiger partial charge in [-0.15, -0.1) is 0 Å². The van der Waals surface area contributed by atoms with Gasteiger partial charge in [-0.1, -0.05) is 52.4 Å². The highest BCUT2D eigenvalue weighted by Crippen LogP contribution is 2.24. The number of aliphatic hydroxyl groups is 1. The Morgan fingerprint density at radius 1 is 1.18 bits per heavy atom. The van der Waals surface area contributed by atoms with Gasteiger partial charge in [-0.2, -0.15) is 0 Å². The van der Waals surface area contributed by atoms with Crippen molar-refractivity contribution in [2.45, 2.75) is 77.9 Å². The molecule has 1 heterocycles. The highest BCUT2D eigenvalue weighted by molar-refractivity contribution is 5.80. The number of aliphatic carboxylic acids is 1. The van der Waals surface area contributed by atoms with Crippen LogP contribution in [-0.2, 0) is 4.79 Å². The summed E-state index contributed by atoms with van der Waals surface area (Å²) in [5.41, 5.74) is 0. The number of rotatable bonds is 12. The van der Waals surface area contributed by atoms with Gasteiger partial charge >= 0.3 is 5.97 Å². The molecule has 0 fully saturated rings. The van der Waals surface area contributed by atoms with Crippen LogP contribution in [0.15, 0.2) is 4.99 Å². The molecular formula is C17H33N2O3+. The van der Waals surface area contributed by atoms with Crippen LogP contribution in [0.2, 0.25) is 0 Å². The van der Waals surface area contributed by atoms with E-state index in [0.717, 1.165) is 25.1 Å². The van der Waals surface area contributed by atoms with Gasteiger partial charge < -0.3 is 10.2 Å². The molecule has 0 aromatic rings. The lowest BCUT2D eigenvalue weighted by atomic mass is 10.1. The van der Waals surface area contributed by atoms with Crippen LogP contribution in [0.4, 0.5) is 0 Å². The van der Waals surface area contributed by atoms with Crippen molar-refractivity contribution >= 4 is 11.8 Å². The van der Waals surface area contributed by atoms with Crippen molar-refractivity contribution in [2.24, 2.45) is 4.99 Å². The predicted octanol–water partition coefficient (Wildman–Crippen LogP) is 3.17. The average Bonchev–Trinajstić information content (AvgIpc) is 2.88. The molecule has 0 aliphatic carbocycles. The number of quaternary nitrogens is 1. The minimum absolute atomic E-state index is 0.0513. The zero-order valence-corrected chi connectivity index (χ0v) is 14.3. The van der Waals surface area contributed by atoms with Crippen LogP contribution < -0.4 is 0 Å². The summed E-state index contributed by atoms with van der Waals surface area (Å²) in [4.78, 5) is 15.7. The van der Waals surface area contributed by atoms with Gasteiger partial charge in [0.05, 0.1) is 6.54 Å². The summed E-state index contributed by atoms with van der Waals surface area (Å²) in [6.07, 6.45) is 9.34. The Kier molecular flexibility index (Phi) is 8.64. The Hall–Kier alpha value is -0.940. The summed E-state index contributed by atoms with van der Waals surface area (Å²) < 4.78 is 0.154. The molecule has 5 nitrogen and oxygen atoms in total. The maximum atomic E-state index is 11.2. The first-order valence-corrected chi connectivity index (χ1v) is 8.87. The van der Waals surface area contributed by atoms with Crippen LogP contribution in [0, 0.1) is 0 Å². The second-order valence-corrected chi connectivity index (χ2v) is 6.37. The predicted molar refractivity (Wildman–Crippen MR) is 88.8 cm³/mol. The molecule has 0 saturated heterocycles. The first-order valence-electron chi connectivity index (χ1n) is 8.87. The van der Waals surface area contributed by atoms with Gasteiger partial charge in [0.25, 0.3) is 0 Å². The highest BCUT2D eigenvalue weighted by Gasteiger charge is 2.44. The summed E-state index contributed by atoms with van der Waals surface area (Å²) in [7, 11) is 0. The third kappa shape index (κ3) is 5.36. The molecule has 2 atom stereocenters. The molecule has 22 heavy (non-hydrogen) atoms. The normalized spacial score (nSPS) is 22.6. The van der Waals surface area contributed by atoms with Crippen molar-refractivity contribution in [3.8, 4) is 0 Å². The van der Waals surface area contributed by atoms with Gasteiger partial charge in [0.15, 0.2) is 12.8 Å². The van der Waals surface area contributed by atoms with Crippen molar-refractivity contribution in [3.05, 3.63) is 0 Å². The molecule has 0 aromatic carbocycles. The summed E-state index contributed by atoms with van der Waals surface area (Å²) >= 11 is 0. The zero-order valence-electron chi connectivity index (χ0n) is 14.3. The van der Waals surface area contributed by atoms with E-state index in [1.54, 1.807) is 0 Å².